The molecule has 0 N–H and O–H groups in total. The molecule has 2 aromatic rings. The molecule has 19 heavy (non-hydrogen) atoms. The van der Waals surface area contributed by atoms with Gasteiger partial charge in [-0.2, -0.15) is 0 Å². The van der Waals surface area contributed by atoms with Gasteiger partial charge in [-0.3, -0.25) is 0 Å². The van der Waals surface area contributed by atoms with E-state index in [-0.39, 0.29) is 0 Å². The zero-order chi connectivity index (χ0) is 13.1. The Balaban J connectivity index is 1.87. The number of quaternary nitrogens is 1. The third kappa shape index (κ3) is 2.59. The number of likely N-dealkylation sites (tertiary alicyclic amines) is 1. The van der Waals surface area contributed by atoms with E-state index >= 15 is 0 Å². The predicted molar refractivity (Wildman–Crippen MR) is 79.0 cm³/mol. The SMILES string of the molecule is CC[N+]1(Oc2ccc3ccccc3c2)CCCCC1. The van der Waals surface area contributed by atoms with Crippen molar-refractivity contribution in [2.45, 2.75) is 26.2 Å². The Hall–Kier alpha value is -1.54. The van der Waals surface area contributed by atoms with Crippen molar-refractivity contribution in [2.24, 2.45) is 0 Å². The smallest absolute Gasteiger partial charge is 0.190 e. The second kappa shape index (κ2) is 5.22. The van der Waals surface area contributed by atoms with Crippen molar-refractivity contribution in [3.05, 3.63) is 42.5 Å². The summed E-state index contributed by atoms with van der Waals surface area (Å²) in [5.41, 5.74) is 0. The molecule has 0 spiro atoms. The van der Waals surface area contributed by atoms with E-state index < -0.39 is 0 Å². The van der Waals surface area contributed by atoms with E-state index in [4.69, 9.17) is 4.84 Å². The third-order valence-corrected chi connectivity index (χ3v) is 4.23. The summed E-state index contributed by atoms with van der Waals surface area (Å²) in [7, 11) is 0. The number of piperidine rings is 1. The largest absolute Gasteiger partial charge is 0.315 e. The Kier molecular flexibility index (Phi) is 3.43. The molecule has 100 valence electrons. The van der Waals surface area contributed by atoms with Crippen LogP contribution in [0.2, 0.25) is 0 Å². The first-order chi connectivity index (χ1) is 9.31. The standard InChI is InChI=1S/C17H22NO/c1-2-18(12-6-3-7-13-18)19-17-11-10-15-8-4-5-9-16(15)14-17/h4-5,8-11,14H,2-3,6-7,12-13H2,1H3/q+1. The molecule has 0 aromatic heterocycles. The summed E-state index contributed by atoms with van der Waals surface area (Å²) in [5.74, 6) is 1.00. The van der Waals surface area contributed by atoms with Crippen molar-refractivity contribution in [2.75, 3.05) is 19.6 Å². The zero-order valence-corrected chi connectivity index (χ0v) is 11.6. The highest BCUT2D eigenvalue weighted by molar-refractivity contribution is 5.83. The first kappa shape index (κ1) is 12.5. The number of hydroxylamine groups is 3. The van der Waals surface area contributed by atoms with Crippen molar-refractivity contribution in [1.29, 1.82) is 0 Å². The molecule has 1 aliphatic rings. The lowest BCUT2D eigenvalue weighted by molar-refractivity contribution is -1.08. The van der Waals surface area contributed by atoms with Crippen molar-refractivity contribution in [1.82, 2.24) is 0 Å². The molecule has 2 aromatic carbocycles. The summed E-state index contributed by atoms with van der Waals surface area (Å²) in [6.45, 7) is 5.56. The van der Waals surface area contributed by atoms with Gasteiger partial charge in [0.1, 0.15) is 19.6 Å². The highest BCUT2D eigenvalue weighted by atomic mass is 16.7. The minimum atomic E-state index is 0.790. The van der Waals surface area contributed by atoms with Gasteiger partial charge in [-0.1, -0.05) is 30.3 Å². The Bertz CT molecular complexity index is 558. The fraction of sp³-hybridized carbons (Fsp3) is 0.412. The van der Waals surface area contributed by atoms with E-state index in [9.17, 15) is 0 Å². The van der Waals surface area contributed by atoms with Crippen LogP contribution in [0.3, 0.4) is 0 Å². The van der Waals surface area contributed by atoms with Crippen LogP contribution >= 0.6 is 0 Å². The molecule has 0 aliphatic carbocycles. The summed E-state index contributed by atoms with van der Waals surface area (Å²) in [4.78, 5) is 6.34. The number of hydrogen-bond donors (Lipinski definition) is 0. The zero-order valence-electron chi connectivity index (χ0n) is 11.6. The summed E-state index contributed by atoms with van der Waals surface area (Å²) in [5, 5.41) is 2.53. The van der Waals surface area contributed by atoms with Gasteiger partial charge >= 0.3 is 0 Å². The van der Waals surface area contributed by atoms with E-state index in [1.165, 1.54) is 30.0 Å². The lowest BCUT2D eigenvalue weighted by Gasteiger charge is -2.37. The summed E-state index contributed by atoms with van der Waals surface area (Å²) < 4.78 is 0.790. The Morgan fingerprint density at radius 2 is 1.68 bits per heavy atom. The third-order valence-electron chi connectivity index (χ3n) is 4.23. The number of fused-ring (bicyclic) bond motifs is 1. The molecule has 0 amide bonds. The number of rotatable bonds is 3. The van der Waals surface area contributed by atoms with Crippen LogP contribution in [0.25, 0.3) is 10.8 Å². The predicted octanol–water partition coefficient (Wildman–Crippen LogP) is 4.15. The highest BCUT2D eigenvalue weighted by Crippen LogP contribution is 2.26. The van der Waals surface area contributed by atoms with Crippen LogP contribution in [0.4, 0.5) is 0 Å². The van der Waals surface area contributed by atoms with E-state index in [0.717, 1.165) is 30.0 Å². The fourth-order valence-electron chi connectivity index (χ4n) is 3.01. The molecular weight excluding hydrogens is 234 g/mol. The van der Waals surface area contributed by atoms with Crippen LogP contribution in [0.5, 0.6) is 5.75 Å². The van der Waals surface area contributed by atoms with Gasteiger partial charge in [0.25, 0.3) is 0 Å². The maximum Gasteiger partial charge on any atom is 0.190 e. The quantitative estimate of drug-likeness (QED) is 0.749. The summed E-state index contributed by atoms with van der Waals surface area (Å²) >= 11 is 0. The van der Waals surface area contributed by atoms with Gasteiger partial charge in [0, 0.05) is 12.8 Å². The topological polar surface area (TPSA) is 9.23 Å². The van der Waals surface area contributed by atoms with Gasteiger partial charge in [-0.15, -0.1) is 4.65 Å². The molecule has 2 nitrogen and oxygen atoms in total. The average molecular weight is 256 g/mol. The lowest BCUT2D eigenvalue weighted by Crippen LogP contribution is -2.53. The normalized spacial score (nSPS) is 18.4. The van der Waals surface area contributed by atoms with E-state index in [0.29, 0.717) is 0 Å². The van der Waals surface area contributed by atoms with Crippen molar-refractivity contribution >= 4 is 10.8 Å². The number of hydrogen-bond acceptors (Lipinski definition) is 1. The molecule has 1 fully saturated rings. The minimum absolute atomic E-state index is 0.790. The van der Waals surface area contributed by atoms with Crippen LogP contribution in [-0.2, 0) is 0 Å². The fourth-order valence-corrected chi connectivity index (χ4v) is 3.01. The number of nitrogens with zero attached hydrogens (tertiary/aromatic N) is 1. The Morgan fingerprint density at radius 1 is 0.947 bits per heavy atom. The van der Waals surface area contributed by atoms with Crippen LogP contribution < -0.4 is 4.84 Å². The molecule has 2 heteroatoms. The van der Waals surface area contributed by atoms with E-state index in [1.54, 1.807) is 0 Å². The second-order valence-electron chi connectivity index (χ2n) is 5.48. The molecule has 0 atom stereocenters. The van der Waals surface area contributed by atoms with Crippen LogP contribution in [0.1, 0.15) is 26.2 Å². The van der Waals surface area contributed by atoms with Gasteiger partial charge in [0.05, 0.1) is 0 Å². The van der Waals surface area contributed by atoms with Gasteiger partial charge < -0.3 is 4.84 Å². The first-order valence-corrected chi connectivity index (χ1v) is 7.36. The second-order valence-corrected chi connectivity index (χ2v) is 5.48. The first-order valence-electron chi connectivity index (χ1n) is 7.36. The van der Waals surface area contributed by atoms with Crippen LogP contribution in [-0.4, -0.2) is 24.3 Å². The Labute approximate surface area is 115 Å². The van der Waals surface area contributed by atoms with Crippen molar-refractivity contribution < 1.29 is 9.48 Å². The molecule has 0 bridgehead atoms. The van der Waals surface area contributed by atoms with E-state index in [2.05, 4.69) is 49.4 Å². The van der Waals surface area contributed by atoms with Gasteiger partial charge in [0.2, 0.25) is 0 Å². The maximum absolute atomic E-state index is 6.34. The van der Waals surface area contributed by atoms with Gasteiger partial charge in [0.15, 0.2) is 5.75 Å². The monoisotopic (exact) mass is 256 g/mol. The molecule has 0 saturated carbocycles. The van der Waals surface area contributed by atoms with Gasteiger partial charge in [-0.25, -0.2) is 0 Å². The minimum Gasteiger partial charge on any atom is -0.315 e. The molecule has 1 heterocycles. The molecule has 1 saturated heterocycles. The average Bonchev–Trinajstić information content (AvgIpc) is 2.48. The molecule has 3 rings (SSSR count). The number of benzene rings is 2. The summed E-state index contributed by atoms with van der Waals surface area (Å²) in [6.07, 6.45) is 3.91. The van der Waals surface area contributed by atoms with Crippen molar-refractivity contribution in [3.8, 4) is 5.75 Å². The highest BCUT2D eigenvalue weighted by Gasteiger charge is 2.31. The van der Waals surface area contributed by atoms with Crippen LogP contribution in [0, 0.1) is 0 Å². The summed E-state index contributed by atoms with van der Waals surface area (Å²) in [6, 6.07) is 14.9. The lowest BCUT2D eigenvalue weighted by atomic mass is 10.1. The Morgan fingerprint density at radius 3 is 2.42 bits per heavy atom. The van der Waals surface area contributed by atoms with Crippen molar-refractivity contribution in [3.63, 3.8) is 0 Å². The van der Waals surface area contributed by atoms with Gasteiger partial charge in [-0.05, 0) is 36.2 Å². The molecular formula is C17H22NO+. The molecule has 0 radical (unpaired) electrons. The molecule has 1 aliphatic heterocycles. The van der Waals surface area contributed by atoms with Crippen LogP contribution in [0.15, 0.2) is 42.5 Å². The molecule has 0 unspecified atom stereocenters. The van der Waals surface area contributed by atoms with E-state index in [1.807, 2.05) is 0 Å². The maximum atomic E-state index is 6.34.